The van der Waals surface area contributed by atoms with Crippen LogP contribution in [0.2, 0.25) is 5.02 Å². The van der Waals surface area contributed by atoms with Gasteiger partial charge in [-0.25, -0.2) is 9.59 Å². The topological polar surface area (TPSA) is 108 Å². The van der Waals surface area contributed by atoms with Crippen molar-refractivity contribution in [3.05, 3.63) is 62.4 Å². The van der Waals surface area contributed by atoms with Gasteiger partial charge >= 0.3 is 11.9 Å². The van der Waals surface area contributed by atoms with Gasteiger partial charge in [-0.15, -0.1) is 0 Å². The van der Waals surface area contributed by atoms with Crippen molar-refractivity contribution in [3.63, 3.8) is 0 Å². The molecule has 0 fully saturated rings. The number of halogens is 1. The van der Waals surface area contributed by atoms with Crippen LogP contribution in [-0.2, 0) is 23.8 Å². The summed E-state index contributed by atoms with van der Waals surface area (Å²) >= 11 is 5.89. The summed E-state index contributed by atoms with van der Waals surface area (Å²) in [5.74, 6) is -2.28. The van der Waals surface area contributed by atoms with Crippen molar-refractivity contribution < 1.29 is 28.7 Å². The summed E-state index contributed by atoms with van der Waals surface area (Å²) < 4.78 is 14.7. The van der Waals surface area contributed by atoms with E-state index in [9.17, 15) is 19.7 Å². The Morgan fingerprint density at radius 3 is 2.18 bits per heavy atom. The summed E-state index contributed by atoms with van der Waals surface area (Å²) in [6.07, 6.45) is 3.03. The lowest BCUT2D eigenvalue weighted by molar-refractivity contribution is -0.384. The maximum atomic E-state index is 12.4. The van der Waals surface area contributed by atoms with E-state index in [0.29, 0.717) is 18.7 Å². The van der Waals surface area contributed by atoms with Gasteiger partial charge < -0.3 is 19.1 Å². The van der Waals surface area contributed by atoms with Crippen LogP contribution in [0.15, 0.2) is 41.7 Å². The van der Waals surface area contributed by atoms with E-state index in [1.165, 1.54) is 51.9 Å². The molecule has 0 radical (unpaired) electrons. The van der Waals surface area contributed by atoms with Crippen LogP contribution in [0.5, 0.6) is 0 Å². The summed E-state index contributed by atoms with van der Waals surface area (Å²) in [5.41, 5.74) is 0.237. The highest BCUT2D eigenvalue weighted by Gasteiger charge is 2.36. The first kappa shape index (κ1) is 21.4. The molecule has 9 nitrogen and oxygen atoms in total. The average Bonchev–Trinajstić information content (AvgIpc) is 2.70. The first-order valence-electron chi connectivity index (χ1n) is 8.12. The highest BCUT2D eigenvalue weighted by atomic mass is 35.5. The van der Waals surface area contributed by atoms with Crippen LogP contribution in [0.4, 0.5) is 5.69 Å². The van der Waals surface area contributed by atoms with Crippen molar-refractivity contribution in [2.75, 3.05) is 34.5 Å². The van der Waals surface area contributed by atoms with Crippen LogP contribution >= 0.6 is 11.6 Å². The molecule has 0 N–H and O–H groups in total. The van der Waals surface area contributed by atoms with Gasteiger partial charge in [-0.05, 0) is 11.6 Å². The van der Waals surface area contributed by atoms with E-state index in [1.54, 1.807) is 4.90 Å². The molecule has 0 saturated carbocycles. The zero-order valence-corrected chi connectivity index (χ0v) is 16.3. The fraction of sp³-hybridized carbons (Fsp3) is 0.333. The van der Waals surface area contributed by atoms with Crippen molar-refractivity contribution >= 4 is 29.2 Å². The number of benzene rings is 1. The number of nitro groups is 1. The van der Waals surface area contributed by atoms with Crippen molar-refractivity contribution in [2.24, 2.45) is 0 Å². The Labute approximate surface area is 166 Å². The van der Waals surface area contributed by atoms with Crippen molar-refractivity contribution in [1.82, 2.24) is 4.90 Å². The predicted molar refractivity (Wildman–Crippen MR) is 99.6 cm³/mol. The minimum Gasteiger partial charge on any atom is -0.466 e. The summed E-state index contributed by atoms with van der Waals surface area (Å²) in [6.45, 7) is 0.706. The van der Waals surface area contributed by atoms with Crippen molar-refractivity contribution in [3.8, 4) is 0 Å². The number of esters is 2. The number of nitrogens with zero attached hydrogens (tertiary/aromatic N) is 2. The molecule has 1 aliphatic heterocycles. The summed E-state index contributed by atoms with van der Waals surface area (Å²) in [4.78, 5) is 37.1. The van der Waals surface area contributed by atoms with E-state index in [4.69, 9.17) is 25.8 Å². The summed E-state index contributed by atoms with van der Waals surface area (Å²) in [7, 11) is 3.94. The zero-order chi connectivity index (χ0) is 20.8. The normalized spacial score (nSPS) is 14.2. The number of hydrogen-bond acceptors (Lipinski definition) is 8. The standard InChI is InChI=1S/C18H19ClN2O7/c1-26-7-6-20-9-12(17(22)27-2)16(13(10-20)18(23)28-3)11-4-5-14(19)15(8-11)21(24)25/h4-5,8-10,16H,6-7H2,1-3H3. The SMILES string of the molecule is COCCN1C=C(C(=O)OC)C(c2ccc(Cl)c([N+](=O)[O-])c2)C(C(=O)OC)=C1. The molecule has 1 aliphatic rings. The average molecular weight is 411 g/mol. The molecule has 1 aromatic rings. The third kappa shape index (κ3) is 4.49. The molecule has 1 aromatic carbocycles. The zero-order valence-electron chi connectivity index (χ0n) is 15.5. The first-order chi connectivity index (χ1) is 13.3. The number of rotatable bonds is 7. The predicted octanol–water partition coefficient (Wildman–Crippen LogP) is 2.41. The van der Waals surface area contributed by atoms with E-state index in [0.717, 1.165) is 0 Å². The Hall–Kier alpha value is -2.91. The molecule has 0 spiro atoms. The smallest absolute Gasteiger partial charge is 0.336 e. The van der Waals surface area contributed by atoms with Crippen LogP contribution in [0, 0.1) is 10.1 Å². The Kier molecular flexibility index (Phi) is 7.13. The van der Waals surface area contributed by atoms with E-state index in [-0.39, 0.29) is 21.9 Å². The van der Waals surface area contributed by atoms with Gasteiger partial charge in [0, 0.05) is 32.1 Å². The molecule has 0 unspecified atom stereocenters. The molecular formula is C18H19ClN2O7. The molecule has 0 aliphatic carbocycles. The van der Waals surface area contributed by atoms with E-state index >= 15 is 0 Å². The van der Waals surface area contributed by atoms with Crippen LogP contribution in [-0.4, -0.2) is 56.2 Å². The quantitative estimate of drug-likeness (QED) is 0.383. The molecule has 0 saturated heterocycles. The first-order valence-corrected chi connectivity index (χ1v) is 8.50. The third-order valence-corrected chi connectivity index (χ3v) is 4.45. The molecule has 0 atom stereocenters. The minimum atomic E-state index is -0.922. The molecular weight excluding hydrogens is 392 g/mol. The van der Waals surface area contributed by atoms with Gasteiger partial charge in [0.25, 0.3) is 5.69 Å². The molecule has 0 amide bonds. The van der Waals surface area contributed by atoms with Gasteiger partial charge in [-0.2, -0.15) is 0 Å². The fourth-order valence-corrected chi connectivity index (χ4v) is 3.01. The van der Waals surface area contributed by atoms with Gasteiger partial charge in [0.15, 0.2) is 0 Å². The largest absolute Gasteiger partial charge is 0.466 e. The van der Waals surface area contributed by atoms with Gasteiger partial charge in [-0.3, -0.25) is 10.1 Å². The van der Waals surface area contributed by atoms with Crippen LogP contribution in [0.3, 0.4) is 0 Å². The van der Waals surface area contributed by atoms with Crippen molar-refractivity contribution in [1.29, 1.82) is 0 Å². The molecule has 28 heavy (non-hydrogen) atoms. The van der Waals surface area contributed by atoms with Crippen LogP contribution in [0.1, 0.15) is 11.5 Å². The van der Waals surface area contributed by atoms with E-state index < -0.39 is 22.8 Å². The maximum absolute atomic E-state index is 12.4. The van der Waals surface area contributed by atoms with E-state index in [2.05, 4.69) is 0 Å². The second-order valence-corrected chi connectivity index (χ2v) is 6.19. The number of carbonyl (C=O) groups excluding carboxylic acids is 2. The number of carbonyl (C=O) groups is 2. The molecule has 0 bridgehead atoms. The van der Waals surface area contributed by atoms with Crippen LogP contribution in [0.25, 0.3) is 0 Å². The molecule has 2 rings (SSSR count). The minimum absolute atomic E-state index is 0.0570. The Morgan fingerprint density at radius 1 is 1.14 bits per heavy atom. The number of nitro benzene ring substituents is 1. The highest BCUT2D eigenvalue weighted by Crippen LogP contribution is 2.39. The second kappa shape index (κ2) is 9.34. The Morgan fingerprint density at radius 2 is 1.71 bits per heavy atom. The number of methoxy groups -OCH3 is 3. The monoisotopic (exact) mass is 410 g/mol. The Balaban J connectivity index is 2.63. The van der Waals surface area contributed by atoms with Gasteiger partial charge in [-0.1, -0.05) is 17.7 Å². The highest BCUT2D eigenvalue weighted by molar-refractivity contribution is 6.32. The number of ether oxygens (including phenoxy) is 3. The molecule has 10 heteroatoms. The lowest BCUT2D eigenvalue weighted by Crippen LogP contribution is -2.30. The van der Waals surface area contributed by atoms with Gasteiger partial charge in [0.05, 0.1) is 42.8 Å². The van der Waals surface area contributed by atoms with Gasteiger partial charge in [0.1, 0.15) is 5.02 Å². The summed E-state index contributed by atoms with van der Waals surface area (Å²) in [6, 6.07) is 4.08. The molecule has 1 heterocycles. The lowest BCUT2D eigenvalue weighted by atomic mass is 9.83. The molecule has 150 valence electrons. The summed E-state index contributed by atoms with van der Waals surface area (Å²) in [5, 5.41) is 11.2. The Bertz CT molecular complexity index is 816. The number of hydrogen-bond donors (Lipinski definition) is 0. The van der Waals surface area contributed by atoms with Gasteiger partial charge in [0.2, 0.25) is 0 Å². The molecule has 0 aromatic heterocycles. The maximum Gasteiger partial charge on any atom is 0.336 e. The van der Waals surface area contributed by atoms with Crippen molar-refractivity contribution in [2.45, 2.75) is 5.92 Å². The lowest BCUT2D eigenvalue weighted by Gasteiger charge is -2.29. The van der Waals surface area contributed by atoms with Crippen LogP contribution < -0.4 is 0 Å². The third-order valence-electron chi connectivity index (χ3n) is 4.13. The fourth-order valence-electron chi connectivity index (χ4n) is 2.82. The second-order valence-electron chi connectivity index (χ2n) is 5.78. The van der Waals surface area contributed by atoms with E-state index in [1.807, 2.05) is 0 Å².